The van der Waals surface area contributed by atoms with E-state index in [-0.39, 0.29) is 11.6 Å². The topological polar surface area (TPSA) is 120 Å². The molecule has 202 valence electrons. The van der Waals surface area contributed by atoms with Gasteiger partial charge in [0.05, 0.1) is 10.8 Å². The standard InChI is InChI=1S/C29H22FN5O3.C2H6/c1-15-8-9-21-22(10-15)29(37)38-26(23(21)17-6-4-3-5-7-17)16(2)35-28-24(27(31)32-14-33-28)25(34-35)18-11-19(30)13-20(36)12-18;1-2/h3-14,16,36H,1-2H3,(H2,31,32,33);1-2H3. The summed E-state index contributed by atoms with van der Waals surface area (Å²) in [7, 11) is 0. The average molecular weight is 538 g/mol. The van der Waals surface area contributed by atoms with E-state index in [2.05, 4.69) is 9.97 Å². The van der Waals surface area contributed by atoms with Gasteiger partial charge in [-0.25, -0.2) is 23.8 Å². The number of aromatic nitrogens is 4. The lowest BCUT2D eigenvalue weighted by atomic mass is 9.95. The highest BCUT2D eigenvalue weighted by atomic mass is 19.1. The van der Waals surface area contributed by atoms with E-state index >= 15 is 0 Å². The predicted octanol–water partition coefficient (Wildman–Crippen LogP) is 6.64. The molecule has 0 aliphatic rings. The molecule has 0 fully saturated rings. The first-order valence-electron chi connectivity index (χ1n) is 12.9. The van der Waals surface area contributed by atoms with Gasteiger partial charge in [-0.1, -0.05) is 61.9 Å². The van der Waals surface area contributed by atoms with Gasteiger partial charge in [0.2, 0.25) is 0 Å². The number of aryl methyl sites for hydroxylation is 1. The van der Waals surface area contributed by atoms with E-state index < -0.39 is 17.5 Å². The lowest BCUT2D eigenvalue weighted by Gasteiger charge is -2.18. The lowest BCUT2D eigenvalue weighted by molar-refractivity contribution is 0.405. The Bertz CT molecular complexity index is 1890. The van der Waals surface area contributed by atoms with E-state index in [1.165, 1.54) is 18.5 Å². The van der Waals surface area contributed by atoms with Crippen molar-refractivity contribution in [2.45, 2.75) is 33.7 Å². The third-order valence-corrected chi connectivity index (χ3v) is 6.60. The Morgan fingerprint density at radius 2 is 1.73 bits per heavy atom. The lowest BCUT2D eigenvalue weighted by Crippen LogP contribution is -2.14. The molecule has 0 amide bonds. The van der Waals surface area contributed by atoms with Gasteiger partial charge in [0, 0.05) is 22.6 Å². The fourth-order valence-corrected chi connectivity index (χ4v) is 4.87. The number of benzene rings is 3. The molecule has 6 aromatic rings. The number of nitrogens with two attached hydrogens (primary N) is 1. The zero-order chi connectivity index (χ0) is 28.6. The van der Waals surface area contributed by atoms with Crippen molar-refractivity contribution in [2.24, 2.45) is 0 Å². The van der Waals surface area contributed by atoms with Crippen LogP contribution in [0.15, 0.2) is 82.3 Å². The number of nitrogen functional groups attached to an aromatic ring is 1. The van der Waals surface area contributed by atoms with Crippen molar-refractivity contribution < 1.29 is 13.9 Å². The molecular weight excluding hydrogens is 509 g/mol. The molecule has 0 saturated heterocycles. The van der Waals surface area contributed by atoms with Crippen molar-refractivity contribution in [2.75, 3.05) is 5.73 Å². The van der Waals surface area contributed by atoms with Crippen LogP contribution >= 0.6 is 0 Å². The maximum absolute atomic E-state index is 14.2. The van der Waals surface area contributed by atoms with Gasteiger partial charge in [-0.3, -0.25) is 0 Å². The second-order valence-electron chi connectivity index (χ2n) is 9.17. The highest BCUT2D eigenvalue weighted by molar-refractivity contribution is 5.99. The van der Waals surface area contributed by atoms with Crippen molar-refractivity contribution in [3.8, 4) is 28.1 Å². The van der Waals surface area contributed by atoms with Gasteiger partial charge in [-0.2, -0.15) is 5.10 Å². The summed E-state index contributed by atoms with van der Waals surface area (Å²) in [6.45, 7) is 7.76. The molecule has 6 rings (SSSR count). The monoisotopic (exact) mass is 537 g/mol. The highest BCUT2D eigenvalue weighted by Gasteiger charge is 2.27. The molecule has 40 heavy (non-hydrogen) atoms. The number of aromatic hydroxyl groups is 1. The average Bonchev–Trinajstić information content (AvgIpc) is 3.35. The van der Waals surface area contributed by atoms with Crippen molar-refractivity contribution in [1.82, 2.24) is 19.7 Å². The minimum Gasteiger partial charge on any atom is -0.508 e. The summed E-state index contributed by atoms with van der Waals surface area (Å²) >= 11 is 0. The molecule has 0 radical (unpaired) electrons. The summed E-state index contributed by atoms with van der Waals surface area (Å²) < 4.78 is 21.8. The van der Waals surface area contributed by atoms with E-state index in [1.54, 1.807) is 4.68 Å². The smallest absolute Gasteiger partial charge is 0.343 e. The molecular formula is C31H28FN5O3. The fourth-order valence-electron chi connectivity index (χ4n) is 4.87. The van der Waals surface area contributed by atoms with Gasteiger partial charge in [-0.15, -0.1) is 0 Å². The number of fused-ring (bicyclic) bond motifs is 2. The quantitative estimate of drug-likeness (QED) is 0.259. The van der Waals surface area contributed by atoms with Crippen molar-refractivity contribution in [3.63, 3.8) is 0 Å². The number of phenols is 1. The Morgan fingerprint density at radius 1 is 0.975 bits per heavy atom. The van der Waals surface area contributed by atoms with E-state index in [0.717, 1.165) is 28.1 Å². The van der Waals surface area contributed by atoms with E-state index in [4.69, 9.17) is 15.2 Å². The van der Waals surface area contributed by atoms with Crippen LogP contribution in [-0.4, -0.2) is 24.9 Å². The van der Waals surface area contributed by atoms with Crippen molar-refractivity contribution >= 4 is 27.6 Å². The molecule has 0 saturated carbocycles. The van der Waals surface area contributed by atoms with Crippen LogP contribution in [0, 0.1) is 12.7 Å². The molecule has 0 aliphatic heterocycles. The predicted molar refractivity (Wildman–Crippen MR) is 155 cm³/mol. The molecule has 8 nitrogen and oxygen atoms in total. The molecule has 1 unspecified atom stereocenters. The number of rotatable bonds is 4. The van der Waals surface area contributed by atoms with Crippen LogP contribution in [0.1, 0.15) is 38.1 Å². The molecule has 0 spiro atoms. The maximum Gasteiger partial charge on any atom is 0.343 e. The van der Waals surface area contributed by atoms with Crippen molar-refractivity contribution in [3.05, 3.63) is 101 Å². The van der Waals surface area contributed by atoms with Gasteiger partial charge in [-0.05, 0) is 37.6 Å². The van der Waals surface area contributed by atoms with Crippen molar-refractivity contribution in [1.29, 1.82) is 0 Å². The Labute approximate surface area is 229 Å². The van der Waals surface area contributed by atoms with Crippen LogP contribution in [-0.2, 0) is 0 Å². The largest absolute Gasteiger partial charge is 0.508 e. The van der Waals surface area contributed by atoms with E-state index in [1.807, 2.05) is 76.2 Å². The van der Waals surface area contributed by atoms with Gasteiger partial charge in [0.15, 0.2) is 5.65 Å². The minimum absolute atomic E-state index is 0.144. The van der Waals surface area contributed by atoms with Gasteiger partial charge < -0.3 is 15.3 Å². The zero-order valence-electron chi connectivity index (χ0n) is 22.5. The van der Waals surface area contributed by atoms with Gasteiger partial charge in [0.1, 0.15) is 41.2 Å². The first kappa shape index (κ1) is 26.6. The molecule has 3 heterocycles. The number of phenolic OH excluding ortho intramolecular Hbond substituents is 1. The number of halogens is 1. The number of anilines is 1. The Kier molecular flexibility index (Phi) is 7.04. The second kappa shape index (κ2) is 10.6. The van der Waals surface area contributed by atoms with Crippen LogP contribution in [0.5, 0.6) is 5.75 Å². The summed E-state index contributed by atoms with van der Waals surface area (Å²) in [6, 6.07) is 18.3. The molecule has 3 aromatic carbocycles. The zero-order valence-corrected chi connectivity index (χ0v) is 22.5. The Balaban J connectivity index is 0.00000158. The summed E-state index contributed by atoms with van der Waals surface area (Å²) in [4.78, 5) is 21.7. The normalized spacial score (nSPS) is 11.8. The van der Waals surface area contributed by atoms with Gasteiger partial charge in [0.25, 0.3) is 0 Å². The van der Waals surface area contributed by atoms with Crippen LogP contribution in [0.3, 0.4) is 0 Å². The van der Waals surface area contributed by atoms with Crippen LogP contribution in [0.4, 0.5) is 10.2 Å². The highest BCUT2D eigenvalue weighted by Crippen LogP contribution is 2.39. The van der Waals surface area contributed by atoms with E-state index in [9.17, 15) is 14.3 Å². The third kappa shape index (κ3) is 4.55. The molecule has 1 atom stereocenters. The first-order valence-corrected chi connectivity index (χ1v) is 12.9. The van der Waals surface area contributed by atoms with Gasteiger partial charge >= 0.3 is 5.63 Å². The van der Waals surface area contributed by atoms with E-state index in [0.29, 0.717) is 33.4 Å². The minimum atomic E-state index is -0.631. The molecule has 0 aliphatic carbocycles. The summed E-state index contributed by atoms with van der Waals surface area (Å²) in [5.74, 6) is -0.361. The second-order valence-corrected chi connectivity index (χ2v) is 9.17. The summed E-state index contributed by atoms with van der Waals surface area (Å²) in [5.41, 5.74) is 9.29. The fraction of sp³-hybridized carbons (Fsp3) is 0.161. The van der Waals surface area contributed by atoms with Crippen LogP contribution in [0.25, 0.3) is 44.2 Å². The molecule has 3 N–H and O–H groups in total. The third-order valence-electron chi connectivity index (χ3n) is 6.60. The van der Waals surface area contributed by atoms with Crippen LogP contribution < -0.4 is 11.4 Å². The molecule has 3 aromatic heterocycles. The SMILES string of the molecule is CC.Cc1ccc2c(-c3ccccc3)c(C(C)n3nc(-c4cc(O)cc(F)c4)c4c(N)ncnc43)oc(=O)c2c1. The molecule has 0 bridgehead atoms. The Morgan fingerprint density at radius 3 is 2.45 bits per heavy atom. The summed E-state index contributed by atoms with van der Waals surface area (Å²) in [6.07, 6.45) is 1.31. The van der Waals surface area contributed by atoms with Crippen LogP contribution in [0.2, 0.25) is 0 Å². The maximum atomic E-state index is 14.2. The molecule has 9 heteroatoms. The Hall–Kier alpha value is -5.05. The summed E-state index contributed by atoms with van der Waals surface area (Å²) in [5, 5.41) is 16.4. The number of hydrogen-bond donors (Lipinski definition) is 2. The number of hydrogen-bond acceptors (Lipinski definition) is 7. The first-order chi connectivity index (χ1) is 19.3. The number of nitrogens with zero attached hydrogens (tertiary/aromatic N) is 4.